The molecule has 74 valence electrons. The van der Waals surface area contributed by atoms with Gasteiger partial charge in [0, 0.05) is 19.2 Å². The highest BCUT2D eigenvalue weighted by atomic mass is 16.7. The van der Waals surface area contributed by atoms with E-state index in [-0.39, 0.29) is 5.97 Å². The number of cyclic esters (lactones) is 1. The minimum atomic E-state index is -0.514. The Morgan fingerprint density at radius 2 is 2.36 bits per heavy atom. The number of carbonyl (C=O) groups excluding carboxylic acids is 1. The summed E-state index contributed by atoms with van der Waals surface area (Å²) in [6, 6.07) is 5.21. The molecule has 0 saturated carbocycles. The lowest BCUT2D eigenvalue weighted by atomic mass is 10.0. The van der Waals surface area contributed by atoms with Crippen molar-refractivity contribution < 1.29 is 14.3 Å². The van der Waals surface area contributed by atoms with Crippen molar-refractivity contribution in [1.82, 2.24) is 0 Å². The topological polar surface area (TPSA) is 61.5 Å². The molecule has 0 spiro atoms. The van der Waals surface area contributed by atoms with Crippen molar-refractivity contribution in [1.29, 1.82) is 0 Å². The van der Waals surface area contributed by atoms with Crippen LogP contribution in [-0.4, -0.2) is 19.4 Å². The van der Waals surface area contributed by atoms with Gasteiger partial charge in [0.15, 0.2) is 0 Å². The molecule has 1 aliphatic heterocycles. The molecular weight excluding hydrogens is 182 g/mol. The van der Waals surface area contributed by atoms with Crippen LogP contribution in [0.15, 0.2) is 18.2 Å². The number of esters is 1. The van der Waals surface area contributed by atoms with Crippen molar-refractivity contribution in [3.8, 4) is 0 Å². The molecule has 4 nitrogen and oxygen atoms in total. The second-order valence-electron chi connectivity index (χ2n) is 3.15. The Balaban J connectivity index is 2.45. The van der Waals surface area contributed by atoms with Crippen molar-refractivity contribution in [2.75, 3.05) is 12.8 Å². The highest BCUT2D eigenvalue weighted by molar-refractivity contribution is 5.93. The van der Waals surface area contributed by atoms with E-state index in [0.29, 0.717) is 17.7 Å². The quantitative estimate of drug-likeness (QED) is 0.533. The fourth-order valence-electron chi connectivity index (χ4n) is 1.55. The van der Waals surface area contributed by atoms with Crippen LogP contribution in [0, 0.1) is 0 Å². The first kappa shape index (κ1) is 9.02. The zero-order chi connectivity index (χ0) is 10.1. The summed E-state index contributed by atoms with van der Waals surface area (Å²) in [5, 5.41) is 0. The third-order valence-electron chi connectivity index (χ3n) is 2.30. The maximum atomic E-state index is 11.4. The van der Waals surface area contributed by atoms with Crippen LogP contribution in [0.4, 0.5) is 5.69 Å². The molecule has 0 saturated heterocycles. The molecule has 4 heteroatoms. The van der Waals surface area contributed by atoms with Crippen LogP contribution in [0.25, 0.3) is 0 Å². The second-order valence-corrected chi connectivity index (χ2v) is 3.15. The first-order chi connectivity index (χ1) is 6.72. The van der Waals surface area contributed by atoms with Gasteiger partial charge in [-0.2, -0.15) is 0 Å². The monoisotopic (exact) mass is 193 g/mol. The van der Waals surface area contributed by atoms with Gasteiger partial charge in [-0.3, -0.25) is 0 Å². The number of hydrogen-bond donors (Lipinski definition) is 1. The molecular formula is C10H11NO3. The summed E-state index contributed by atoms with van der Waals surface area (Å²) in [5.41, 5.74) is 7.72. The lowest BCUT2D eigenvalue weighted by molar-refractivity contribution is -0.0930. The van der Waals surface area contributed by atoms with Gasteiger partial charge in [-0.25, -0.2) is 4.79 Å². The molecule has 14 heavy (non-hydrogen) atoms. The van der Waals surface area contributed by atoms with Gasteiger partial charge in [0.2, 0.25) is 6.29 Å². The molecule has 1 heterocycles. The van der Waals surface area contributed by atoms with E-state index in [0.717, 1.165) is 5.56 Å². The number of methoxy groups -OCH3 is 1. The van der Waals surface area contributed by atoms with Crippen LogP contribution in [0.1, 0.15) is 15.9 Å². The SMILES string of the molecule is COC1Cc2c(N)cccc2C(=O)O1. The highest BCUT2D eigenvalue weighted by Crippen LogP contribution is 2.25. The van der Waals surface area contributed by atoms with Gasteiger partial charge >= 0.3 is 5.97 Å². The predicted molar refractivity (Wildman–Crippen MR) is 50.8 cm³/mol. The molecule has 0 amide bonds. The summed E-state index contributed by atoms with van der Waals surface area (Å²) in [6.45, 7) is 0. The molecule has 1 aromatic carbocycles. The van der Waals surface area contributed by atoms with Gasteiger partial charge < -0.3 is 15.2 Å². The van der Waals surface area contributed by atoms with Gasteiger partial charge in [0.1, 0.15) is 0 Å². The Morgan fingerprint density at radius 3 is 3.07 bits per heavy atom. The summed E-state index contributed by atoms with van der Waals surface area (Å²) >= 11 is 0. The normalized spacial score (nSPS) is 20.1. The number of nitrogens with two attached hydrogens (primary N) is 1. The molecule has 2 N–H and O–H groups in total. The Morgan fingerprint density at radius 1 is 1.57 bits per heavy atom. The van der Waals surface area contributed by atoms with Crippen LogP contribution < -0.4 is 5.73 Å². The Kier molecular flexibility index (Phi) is 2.13. The molecule has 1 atom stereocenters. The smallest absolute Gasteiger partial charge is 0.340 e. The van der Waals surface area contributed by atoms with Crippen molar-refractivity contribution in [2.45, 2.75) is 12.7 Å². The lowest BCUT2D eigenvalue weighted by Crippen LogP contribution is -2.29. The standard InChI is InChI=1S/C10H11NO3/c1-13-9-5-7-6(10(12)14-9)3-2-4-8(7)11/h2-4,9H,5,11H2,1H3. The molecule has 0 bridgehead atoms. The molecule has 0 radical (unpaired) electrons. The summed E-state index contributed by atoms with van der Waals surface area (Å²) in [4.78, 5) is 11.4. The first-order valence-corrected chi connectivity index (χ1v) is 4.33. The number of ether oxygens (including phenoxy) is 2. The number of benzene rings is 1. The molecule has 0 fully saturated rings. The largest absolute Gasteiger partial charge is 0.432 e. The number of nitrogen functional groups attached to an aromatic ring is 1. The highest BCUT2D eigenvalue weighted by Gasteiger charge is 2.27. The zero-order valence-electron chi connectivity index (χ0n) is 7.82. The number of carbonyl (C=O) groups is 1. The van der Waals surface area contributed by atoms with E-state index in [4.69, 9.17) is 15.2 Å². The molecule has 0 aromatic heterocycles. The molecule has 1 unspecified atom stereocenters. The van der Waals surface area contributed by atoms with Crippen LogP contribution in [0.5, 0.6) is 0 Å². The molecule has 0 aliphatic carbocycles. The van der Waals surface area contributed by atoms with Crippen molar-refractivity contribution in [2.24, 2.45) is 0 Å². The Labute approximate surface area is 81.6 Å². The average molecular weight is 193 g/mol. The van der Waals surface area contributed by atoms with Crippen LogP contribution >= 0.6 is 0 Å². The Hall–Kier alpha value is -1.55. The van der Waals surface area contributed by atoms with Gasteiger partial charge in [-0.15, -0.1) is 0 Å². The predicted octanol–water partition coefficient (Wildman–Crippen LogP) is 0.954. The number of hydrogen-bond acceptors (Lipinski definition) is 4. The van der Waals surface area contributed by atoms with Crippen molar-refractivity contribution >= 4 is 11.7 Å². The van der Waals surface area contributed by atoms with E-state index in [1.807, 2.05) is 0 Å². The van der Waals surface area contributed by atoms with Crippen LogP contribution in [0.2, 0.25) is 0 Å². The van der Waals surface area contributed by atoms with Crippen LogP contribution in [-0.2, 0) is 15.9 Å². The lowest BCUT2D eigenvalue weighted by Gasteiger charge is -2.24. The number of anilines is 1. The van der Waals surface area contributed by atoms with E-state index >= 15 is 0 Å². The molecule has 2 rings (SSSR count). The number of fused-ring (bicyclic) bond motifs is 1. The third kappa shape index (κ3) is 1.33. The zero-order valence-corrected chi connectivity index (χ0v) is 7.82. The minimum absolute atomic E-state index is 0.370. The Bertz CT molecular complexity index is 376. The van der Waals surface area contributed by atoms with Gasteiger partial charge in [-0.05, 0) is 17.7 Å². The van der Waals surface area contributed by atoms with Crippen molar-refractivity contribution in [3.05, 3.63) is 29.3 Å². The summed E-state index contributed by atoms with van der Waals surface area (Å²) in [7, 11) is 1.50. The fraction of sp³-hybridized carbons (Fsp3) is 0.300. The fourth-order valence-corrected chi connectivity index (χ4v) is 1.55. The summed E-state index contributed by atoms with van der Waals surface area (Å²) in [6.07, 6.45) is 0.00394. The van der Waals surface area contributed by atoms with E-state index < -0.39 is 6.29 Å². The van der Waals surface area contributed by atoms with Crippen molar-refractivity contribution in [3.63, 3.8) is 0 Å². The van der Waals surface area contributed by atoms with Gasteiger partial charge in [-0.1, -0.05) is 6.07 Å². The average Bonchev–Trinajstić information content (AvgIpc) is 2.19. The van der Waals surface area contributed by atoms with E-state index in [1.54, 1.807) is 18.2 Å². The maximum Gasteiger partial charge on any atom is 0.340 e. The first-order valence-electron chi connectivity index (χ1n) is 4.33. The molecule has 1 aromatic rings. The minimum Gasteiger partial charge on any atom is -0.432 e. The van der Waals surface area contributed by atoms with E-state index in [1.165, 1.54) is 7.11 Å². The number of rotatable bonds is 1. The second kappa shape index (κ2) is 3.31. The maximum absolute atomic E-state index is 11.4. The van der Waals surface area contributed by atoms with Crippen LogP contribution in [0.3, 0.4) is 0 Å². The van der Waals surface area contributed by atoms with Gasteiger partial charge in [0.05, 0.1) is 5.56 Å². The summed E-state index contributed by atoms with van der Waals surface area (Å²) in [5.74, 6) is -0.370. The summed E-state index contributed by atoms with van der Waals surface area (Å²) < 4.78 is 9.98. The molecule has 1 aliphatic rings. The van der Waals surface area contributed by atoms with Gasteiger partial charge in [0.25, 0.3) is 0 Å². The van der Waals surface area contributed by atoms with E-state index in [2.05, 4.69) is 0 Å². The van der Waals surface area contributed by atoms with E-state index in [9.17, 15) is 4.79 Å². The third-order valence-corrected chi connectivity index (χ3v) is 2.30.